The standard InChI is InChI=1S/C19H29N3O2.ClH/c1-2-3-10-16(14-20)21-19(24)17-11-7-12-22(17)18(23)13-15-8-5-4-6-9-15;/h4-6,8-9,16-17H,2-3,7,10-14,20H2,1H3,(H,21,24);1H. The number of nitrogens with one attached hydrogen (secondary N) is 1. The van der Waals surface area contributed by atoms with Gasteiger partial charge in [0.25, 0.3) is 0 Å². The summed E-state index contributed by atoms with van der Waals surface area (Å²) >= 11 is 0. The molecule has 1 aromatic rings. The number of unbranched alkanes of at least 4 members (excludes halogenated alkanes) is 1. The van der Waals surface area contributed by atoms with Crippen LogP contribution >= 0.6 is 12.4 Å². The number of likely N-dealkylation sites (tertiary alicyclic amines) is 1. The Hall–Kier alpha value is -1.59. The van der Waals surface area contributed by atoms with Crippen molar-refractivity contribution in [1.82, 2.24) is 10.2 Å². The van der Waals surface area contributed by atoms with Crippen LogP contribution in [0.3, 0.4) is 0 Å². The number of carbonyl (C=O) groups excluding carboxylic acids is 2. The molecule has 2 amide bonds. The van der Waals surface area contributed by atoms with Gasteiger partial charge in [-0.25, -0.2) is 0 Å². The lowest BCUT2D eigenvalue weighted by molar-refractivity contribution is -0.138. The van der Waals surface area contributed by atoms with E-state index in [0.29, 0.717) is 19.5 Å². The first-order chi connectivity index (χ1) is 11.7. The molecule has 0 aliphatic carbocycles. The Morgan fingerprint density at radius 2 is 2.04 bits per heavy atom. The van der Waals surface area contributed by atoms with Crippen LogP contribution in [0.2, 0.25) is 0 Å². The van der Waals surface area contributed by atoms with E-state index in [9.17, 15) is 9.59 Å². The molecule has 2 unspecified atom stereocenters. The number of halogens is 1. The van der Waals surface area contributed by atoms with E-state index in [0.717, 1.165) is 37.7 Å². The maximum atomic E-state index is 12.6. The molecule has 1 aliphatic rings. The van der Waals surface area contributed by atoms with Crippen molar-refractivity contribution in [2.45, 2.75) is 57.5 Å². The van der Waals surface area contributed by atoms with Crippen molar-refractivity contribution in [1.29, 1.82) is 0 Å². The van der Waals surface area contributed by atoms with E-state index in [1.165, 1.54) is 0 Å². The molecule has 140 valence electrons. The second-order valence-electron chi connectivity index (χ2n) is 6.49. The third-order valence-corrected chi connectivity index (χ3v) is 4.61. The van der Waals surface area contributed by atoms with Gasteiger partial charge in [0.05, 0.1) is 6.42 Å². The zero-order chi connectivity index (χ0) is 17.4. The van der Waals surface area contributed by atoms with E-state index in [-0.39, 0.29) is 36.3 Å². The number of nitrogens with zero attached hydrogens (tertiary/aromatic N) is 1. The van der Waals surface area contributed by atoms with E-state index < -0.39 is 0 Å². The first-order valence-electron chi connectivity index (χ1n) is 8.99. The largest absolute Gasteiger partial charge is 0.350 e. The van der Waals surface area contributed by atoms with Crippen LogP contribution in [0.1, 0.15) is 44.6 Å². The van der Waals surface area contributed by atoms with Gasteiger partial charge in [0.2, 0.25) is 11.8 Å². The molecule has 1 saturated heterocycles. The van der Waals surface area contributed by atoms with Gasteiger partial charge < -0.3 is 16.0 Å². The Balaban J connectivity index is 0.00000312. The Morgan fingerprint density at radius 3 is 2.68 bits per heavy atom. The summed E-state index contributed by atoms with van der Waals surface area (Å²) in [6.07, 6.45) is 4.98. The van der Waals surface area contributed by atoms with E-state index >= 15 is 0 Å². The van der Waals surface area contributed by atoms with Crippen LogP contribution in [-0.2, 0) is 16.0 Å². The molecule has 5 nitrogen and oxygen atoms in total. The second kappa shape index (κ2) is 11.1. The minimum absolute atomic E-state index is 0. The molecule has 1 aromatic carbocycles. The van der Waals surface area contributed by atoms with Crippen molar-refractivity contribution in [2.75, 3.05) is 13.1 Å². The van der Waals surface area contributed by atoms with Crippen molar-refractivity contribution >= 4 is 24.2 Å². The number of hydrogen-bond donors (Lipinski definition) is 2. The van der Waals surface area contributed by atoms with Crippen LogP contribution in [0.5, 0.6) is 0 Å². The highest BCUT2D eigenvalue weighted by Crippen LogP contribution is 2.19. The Labute approximate surface area is 156 Å². The third-order valence-electron chi connectivity index (χ3n) is 4.61. The van der Waals surface area contributed by atoms with Crippen LogP contribution in [0.15, 0.2) is 30.3 Å². The molecule has 0 spiro atoms. The maximum Gasteiger partial charge on any atom is 0.243 e. The van der Waals surface area contributed by atoms with Gasteiger partial charge in [-0.3, -0.25) is 9.59 Å². The Kier molecular flexibility index (Phi) is 9.53. The van der Waals surface area contributed by atoms with Crippen LogP contribution < -0.4 is 11.1 Å². The quantitative estimate of drug-likeness (QED) is 0.740. The SMILES string of the molecule is CCCCC(CN)NC(=O)C1CCCN1C(=O)Cc1ccccc1.Cl. The molecule has 2 rings (SSSR count). The highest BCUT2D eigenvalue weighted by atomic mass is 35.5. The zero-order valence-electron chi connectivity index (χ0n) is 14.9. The molecule has 1 fully saturated rings. The fraction of sp³-hybridized carbons (Fsp3) is 0.579. The summed E-state index contributed by atoms with van der Waals surface area (Å²) in [5, 5.41) is 3.03. The van der Waals surface area contributed by atoms with Gasteiger partial charge in [-0.2, -0.15) is 0 Å². The van der Waals surface area contributed by atoms with Crippen molar-refractivity contribution in [3.8, 4) is 0 Å². The summed E-state index contributed by atoms with van der Waals surface area (Å²) in [5.74, 6) is -0.0304. The van der Waals surface area contributed by atoms with Gasteiger partial charge in [0, 0.05) is 19.1 Å². The zero-order valence-corrected chi connectivity index (χ0v) is 15.8. The maximum absolute atomic E-state index is 12.6. The van der Waals surface area contributed by atoms with E-state index in [1.54, 1.807) is 4.90 Å². The monoisotopic (exact) mass is 367 g/mol. The smallest absolute Gasteiger partial charge is 0.243 e. The molecule has 3 N–H and O–H groups in total. The molecule has 0 radical (unpaired) electrons. The average molecular weight is 368 g/mol. The topological polar surface area (TPSA) is 75.4 Å². The number of benzene rings is 1. The first-order valence-corrected chi connectivity index (χ1v) is 8.99. The lowest BCUT2D eigenvalue weighted by atomic mass is 10.1. The Bertz CT molecular complexity index is 539. The number of rotatable bonds is 8. The van der Waals surface area contributed by atoms with Crippen molar-refractivity contribution < 1.29 is 9.59 Å². The molecule has 2 atom stereocenters. The third kappa shape index (κ3) is 6.33. The van der Waals surface area contributed by atoms with Crippen molar-refractivity contribution in [3.05, 3.63) is 35.9 Å². The second-order valence-corrected chi connectivity index (χ2v) is 6.49. The van der Waals surface area contributed by atoms with Gasteiger partial charge in [0.1, 0.15) is 6.04 Å². The minimum atomic E-state index is -0.350. The fourth-order valence-electron chi connectivity index (χ4n) is 3.21. The van der Waals surface area contributed by atoms with Gasteiger partial charge in [-0.05, 0) is 24.8 Å². The van der Waals surface area contributed by atoms with Crippen molar-refractivity contribution in [3.63, 3.8) is 0 Å². The lowest BCUT2D eigenvalue weighted by Gasteiger charge is -2.26. The molecular formula is C19H30ClN3O2. The van der Waals surface area contributed by atoms with Gasteiger partial charge in [-0.1, -0.05) is 50.1 Å². The molecule has 1 heterocycles. The summed E-state index contributed by atoms with van der Waals surface area (Å²) in [7, 11) is 0. The van der Waals surface area contributed by atoms with Crippen LogP contribution in [0.25, 0.3) is 0 Å². The number of carbonyl (C=O) groups is 2. The molecule has 6 heteroatoms. The Morgan fingerprint density at radius 1 is 1.32 bits per heavy atom. The molecule has 1 aliphatic heterocycles. The summed E-state index contributed by atoms with van der Waals surface area (Å²) in [6, 6.07) is 9.33. The molecule has 0 aromatic heterocycles. The molecule has 25 heavy (non-hydrogen) atoms. The summed E-state index contributed by atoms with van der Waals surface area (Å²) in [4.78, 5) is 26.9. The van der Waals surface area contributed by atoms with E-state index in [2.05, 4.69) is 12.2 Å². The fourth-order valence-corrected chi connectivity index (χ4v) is 3.21. The van der Waals surface area contributed by atoms with Gasteiger partial charge in [-0.15, -0.1) is 12.4 Å². The van der Waals surface area contributed by atoms with Crippen LogP contribution in [0.4, 0.5) is 0 Å². The van der Waals surface area contributed by atoms with E-state index in [4.69, 9.17) is 5.73 Å². The highest BCUT2D eigenvalue weighted by molar-refractivity contribution is 5.89. The van der Waals surface area contributed by atoms with Crippen LogP contribution in [0, 0.1) is 0 Å². The minimum Gasteiger partial charge on any atom is -0.350 e. The number of nitrogens with two attached hydrogens (primary N) is 1. The lowest BCUT2D eigenvalue weighted by Crippen LogP contribution is -2.50. The first kappa shape index (κ1) is 21.5. The van der Waals surface area contributed by atoms with E-state index in [1.807, 2.05) is 30.3 Å². The van der Waals surface area contributed by atoms with Crippen molar-refractivity contribution in [2.24, 2.45) is 5.73 Å². The predicted molar refractivity (Wildman–Crippen MR) is 103 cm³/mol. The van der Waals surface area contributed by atoms with Crippen LogP contribution in [-0.4, -0.2) is 41.9 Å². The summed E-state index contributed by atoms with van der Waals surface area (Å²) in [6.45, 7) is 3.22. The molecule has 0 saturated carbocycles. The summed E-state index contributed by atoms with van der Waals surface area (Å²) < 4.78 is 0. The average Bonchev–Trinajstić information content (AvgIpc) is 3.09. The number of hydrogen-bond acceptors (Lipinski definition) is 3. The molecular weight excluding hydrogens is 338 g/mol. The normalized spacial score (nSPS) is 17.7. The number of amides is 2. The van der Waals surface area contributed by atoms with Gasteiger partial charge in [0.15, 0.2) is 0 Å². The highest BCUT2D eigenvalue weighted by Gasteiger charge is 2.34. The van der Waals surface area contributed by atoms with Gasteiger partial charge >= 0.3 is 0 Å². The predicted octanol–water partition coefficient (Wildman–Crippen LogP) is 2.28. The summed E-state index contributed by atoms with van der Waals surface area (Å²) in [5.41, 5.74) is 6.74. The molecule has 0 bridgehead atoms.